The molecule has 2 aliphatic heterocycles. The predicted molar refractivity (Wildman–Crippen MR) is 158 cm³/mol. The Morgan fingerprint density at radius 1 is 0.907 bits per heavy atom. The van der Waals surface area contributed by atoms with Gasteiger partial charge >= 0.3 is 0 Å². The second-order valence-electron chi connectivity index (χ2n) is 11.2. The zero-order valence-electron chi connectivity index (χ0n) is 24.4. The SMILES string of the molecule is CN(C(=O)C1CCCN1C(=O)C(N)Cc1ccc(O)cc1)C(Cc1ccccc1)C(=O)NCC(=O)N1CCCC1C(N)=O. The van der Waals surface area contributed by atoms with Gasteiger partial charge in [-0.2, -0.15) is 0 Å². The Morgan fingerprint density at radius 2 is 1.51 bits per heavy atom. The van der Waals surface area contributed by atoms with E-state index in [2.05, 4.69) is 5.32 Å². The maximum Gasteiger partial charge on any atom is 0.245 e. The molecule has 4 atom stereocenters. The standard InChI is InChI=1S/C31H40N6O6/c1-35(31(43)25-10-6-16-37(25)30(42)23(32)17-21-11-13-22(38)14-12-21)26(18-20-7-3-2-4-8-20)29(41)34-19-27(39)36-15-5-9-24(36)28(33)40/h2-4,7-8,11-14,23-26,38H,5-6,9-10,15-19,32H2,1H3,(H2,33,40)(H,34,41). The Morgan fingerprint density at radius 3 is 2.16 bits per heavy atom. The number of phenolic OH excluding ortho intramolecular Hbond substituents is 1. The fourth-order valence-corrected chi connectivity index (χ4v) is 5.85. The summed E-state index contributed by atoms with van der Waals surface area (Å²) in [5, 5.41) is 12.2. The number of likely N-dealkylation sites (N-methyl/N-ethyl adjacent to an activating group) is 1. The van der Waals surface area contributed by atoms with Crippen LogP contribution in [-0.2, 0) is 36.8 Å². The van der Waals surface area contributed by atoms with E-state index < -0.39 is 47.8 Å². The largest absolute Gasteiger partial charge is 0.508 e. The van der Waals surface area contributed by atoms with Gasteiger partial charge in [0.15, 0.2) is 0 Å². The average molecular weight is 593 g/mol. The molecule has 2 fully saturated rings. The lowest BCUT2D eigenvalue weighted by atomic mass is 10.0. The molecule has 0 aromatic heterocycles. The number of hydrogen-bond acceptors (Lipinski definition) is 7. The Kier molecular flexibility index (Phi) is 10.4. The first kappa shape index (κ1) is 31.5. The van der Waals surface area contributed by atoms with E-state index in [1.165, 1.54) is 33.9 Å². The van der Waals surface area contributed by atoms with E-state index in [4.69, 9.17) is 11.5 Å². The van der Waals surface area contributed by atoms with Gasteiger partial charge in [-0.1, -0.05) is 42.5 Å². The first-order valence-corrected chi connectivity index (χ1v) is 14.6. The Labute approximate surface area is 251 Å². The van der Waals surface area contributed by atoms with Gasteiger partial charge in [0, 0.05) is 26.6 Å². The number of nitrogens with zero attached hydrogens (tertiary/aromatic N) is 3. The number of rotatable bonds is 11. The lowest BCUT2D eigenvalue weighted by molar-refractivity contribution is -0.147. The Hall–Kier alpha value is -4.45. The van der Waals surface area contributed by atoms with Crippen molar-refractivity contribution < 1.29 is 29.1 Å². The van der Waals surface area contributed by atoms with Crippen molar-refractivity contribution in [3.05, 3.63) is 65.7 Å². The molecule has 0 radical (unpaired) electrons. The maximum absolute atomic E-state index is 13.8. The quantitative estimate of drug-likeness (QED) is 0.282. The van der Waals surface area contributed by atoms with E-state index >= 15 is 0 Å². The molecule has 0 spiro atoms. The van der Waals surface area contributed by atoms with Gasteiger partial charge in [-0.15, -0.1) is 0 Å². The van der Waals surface area contributed by atoms with Crippen LogP contribution in [0.4, 0.5) is 0 Å². The molecular formula is C31H40N6O6. The van der Waals surface area contributed by atoms with Gasteiger partial charge in [0.1, 0.15) is 23.9 Å². The highest BCUT2D eigenvalue weighted by molar-refractivity contribution is 5.95. The first-order chi connectivity index (χ1) is 20.6. The summed E-state index contributed by atoms with van der Waals surface area (Å²) in [5.41, 5.74) is 13.3. The van der Waals surface area contributed by atoms with Crippen LogP contribution in [-0.4, -0.2) is 100 Å². The number of nitrogens with one attached hydrogen (secondary N) is 1. The highest BCUT2D eigenvalue weighted by Crippen LogP contribution is 2.23. The Balaban J connectivity index is 1.45. The Bertz CT molecular complexity index is 1320. The van der Waals surface area contributed by atoms with Gasteiger partial charge in [-0.05, 0) is 55.4 Å². The number of carbonyl (C=O) groups excluding carboxylic acids is 5. The summed E-state index contributed by atoms with van der Waals surface area (Å²) in [6.45, 7) is 0.415. The number of phenols is 1. The highest BCUT2D eigenvalue weighted by atomic mass is 16.3. The summed E-state index contributed by atoms with van der Waals surface area (Å²) in [5.74, 6) is -2.16. The molecule has 43 heavy (non-hydrogen) atoms. The number of carbonyl (C=O) groups is 5. The summed E-state index contributed by atoms with van der Waals surface area (Å²) < 4.78 is 0. The number of aromatic hydroxyl groups is 1. The van der Waals surface area contributed by atoms with Gasteiger partial charge < -0.3 is 36.6 Å². The van der Waals surface area contributed by atoms with Crippen molar-refractivity contribution in [3.8, 4) is 5.75 Å². The fourth-order valence-electron chi connectivity index (χ4n) is 5.85. The van der Waals surface area contributed by atoms with E-state index in [1.54, 1.807) is 12.1 Å². The van der Waals surface area contributed by atoms with Gasteiger partial charge in [0.25, 0.3) is 0 Å². The third-order valence-electron chi connectivity index (χ3n) is 8.24. The molecule has 0 aliphatic carbocycles. The first-order valence-electron chi connectivity index (χ1n) is 14.6. The number of amides is 5. The van der Waals surface area contributed by atoms with Crippen LogP contribution in [0.1, 0.15) is 36.8 Å². The average Bonchev–Trinajstić information content (AvgIpc) is 3.70. The van der Waals surface area contributed by atoms with Gasteiger partial charge in [0.2, 0.25) is 29.5 Å². The summed E-state index contributed by atoms with van der Waals surface area (Å²) in [7, 11) is 1.53. The van der Waals surface area contributed by atoms with Crippen molar-refractivity contribution in [3.63, 3.8) is 0 Å². The monoisotopic (exact) mass is 592 g/mol. The predicted octanol–water partition coefficient (Wildman–Crippen LogP) is -0.0848. The molecule has 2 aliphatic rings. The molecule has 4 unspecified atom stereocenters. The van der Waals surface area contributed by atoms with Crippen LogP contribution >= 0.6 is 0 Å². The van der Waals surface area contributed by atoms with Crippen LogP contribution in [0.15, 0.2) is 54.6 Å². The molecule has 230 valence electrons. The van der Waals surface area contributed by atoms with Crippen molar-refractivity contribution in [1.82, 2.24) is 20.0 Å². The zero-order valence-corrected chi connectivity index (χ0v) is 24.4. The molecule has 6 N–H and O–H groups in total. The number of benzene rings is 2. The molecule has 0 saturated carbocycles. The number of nitrogens with two attached hydrogens (primary N) is 2. The second-order valence-corrected chi connectivity index (χ2v) is 11.2. The molecule has 2 aromatic rings. The van der Waals surface area contributed by atoms with Gasteiger partial charge in [-0.25, -0.2) is 0 Å². The smallest absolute Gasteiger partial charge is 0.245 e. The van der Waals surface area contributed by atoms with Crippen LogP contribution in [0.5, 0.6) is 5.75 Å². The summed E-state index contributed by atoms with van der Waals surface area (Å²) in [4.78, 5) is 69.5. The molecule has 4 rings (SSSR count). The summed E-state index contributed by atoms with van der Waals surface area (Å²) >= 11 is 0. The molecule has 2 heterocycles. The summed E-state index contributed by atoms with van der Waals surface area (Å²) in [6, 6.07) is 12.3. The van der Waals surface area contributed by atoms with Gasteiger partial charge in [-0.3, -0.25) is 24.0 Å². The van der Waals surface area contributed by atoms with E-state index in [-0.39, 0.29) is 31.0 Å². The normalized spacial score (nSPS) is 19.5. The third-order valence-corrected chi connectivity index (χ3v) is 8.24. The van der Waals surface area contributed by atoms with Crippen LogP contribution in [0, 0.1) is 0 Å². The molecule has 5 amide bonds. The minimum absolute atomic E-state index is 0.112. The molecule has 12 nitrogen and oxygen atoms in total. The minimum Gasteiger partial charge on any atom is -0.508 e. The van der Waals surface area contributed by atoms with Gasteiger partial charge in [0.05, 0.1) is 12.6 Å². The lowest BCUT2D eigenvalue weighted by Crippen LogP contribution is -2.57. The highest BCUT2D eigenvalue weighted by Gasteiger charge is 2.40. The third kappa shape index (κ3) is 7.69. The molecular weight excluding hydrogens is 552 g/mol. The van der Waals surface area contributed by atoms with Crippen LogP contribution < -0.4 is 16.8 Å². The number of hydrogen-bond donors (Lipinski definition) is 4. The van der Waals surface area contributed by atoms with E-state index in [1.807, 2.05) is 30.3 Å². The van der Waals surface area contributed by atoms with Crippen molar-refractivity contribution in [2.24, 2.45) is 11.5 Å². The van der Waals surface area contributed by atoms with Crippen LogP contribution in [0.3, 0.4) is 0 Å². The zero-order chi connectivity index (χ0) is 31.1. The number of likely N-dealkylation sites (tertiary alicyclic amines) is 2. The summed E-state index contributed by atoms with van der Waals surface area (Å²) in [6.07, 6.45) is 2.62. The van der Waals surface area contributed by atoms with Crippen molar-refractivity contribution in [1.29, 1.82) is 0 Å². The van der Waals surface area contributed by atoms with E-state index in [0.29, 0.717) is 38.8 Å². The lowest BCUT2D eigenvalue weighted by Gasteiger charge is -2.33. The molecule has 2 aromatic carbocycles. The van der Waals surface area contributed by atoms with Crippen molar-refractivity contribution in [2.75, 3.05) is 26.7 Å². The minimum atomic E-state index is -0.962. The van der Waals surface area contributed by atoms with E-state index in [0.717, 1.165) is 11.1 Å². The van der Waals surface area contributed by atoms with Crippen molar-refractivity contribution in [2.45, 2.75) is 62.7 Å². The second kappa shape index (κ2) is 14.1. The van der Waals surface area contributed by atoms with E-state index in [9.17, 15) is 29.1 Å². The molecule has 2 saturated heterocycles. The topological polar surface area (TPSA) is 179 Å². The fraction of sp³-hybridized carbons (Fsp3) is 0.452. The van der Waals surface area contributed by atoms with Crippen molar-refractivity contribution >= 4 is 29.5 Å². The van der Waals surface area contributed by atoms with Crippen LogP contribution in [0.25, 0.3) is 0 Å². The molecule has 0 bridgehead atoms. The number of primary amides is 1. The van der Waals surface area contributed by atoms with Crippen LogP contribution in [0.2, 0.25) is 0 Å². The molecule has 12 heteroatoms. The maximum atomic E-state index is 13.8.